The number of nitrogens with one attached hydrogen (secondary N) is 1. The van der Waals surface area contributed by atoms with Gasteiger partial charge >= 0.3 is 0 Å². The maximum atomic E-state index is 6.04. The highest BCUT2D eigenvalue weighted by atomic mass is 35.5. The van der Waals surface area contributed by atoms with Gasteiger partial charge in [-0.1, -0.05) is 0 Å². The lowest BCUT2D eigenvalue weighted by Gasteiger charge is -2.28. The molecule has 1 rings (SSSR count). The number of hydrogen-bond acceptors (Lipinski definition) is 4. The van der Waals surface area contributed by atoms with Crippen LogP contribution in [0.25, 0.3) is 0 Å². The van der Waals surface area contributed by atoms with Crippen LogP contribution >= 0.6 is 11.6 Å². The number of methoxy groups -OCH3 is 1. The van der Waals surface area contributed by atoms with Gasteiger partial charge in [-0.3, -0.25) is 0 Å². The molecule has 0 saturated carbocycles. The second kappa shape index (κ2) is 4.66. The molecule has 0 radical (unpaired) electrons. The van der Waals surface area contributed by atoms with Crippen molar-refractivity contribution in [3.63, 3.8) is 0 Å². The molecule has 0 aliphatic heterocycles. The molecule has 1 atom stereocenters. The van der Waals surface area contributed by atoms with Gasteiger partial charge in [0.05, 0.1) is 18.0 Å². The minimum Gasteiger partial charge on any atom is -0.481 e. The topological polar surface area (TPSA) is 47.0 Å². The molecule has 4 nitrogen and oxygen atoms in total. The van der Waals surface area contributed by atoms with E-state index in [0.717, 1.165) is 0 Å². The van der Waals surface area contributed by atoms with Crippen molar-refractivity contribution in [3.8, 4) is 5.88 Å². The normalized spacial score (nSPS) is 13.4. The molecule has 1 unspecified atom stereocenters. The number of ether oxygens (including phenoxy) is 1. The molecule has 1 aromatic heterocycles. The maximum absolute atomic E-state index is 6.04. The smallest absolute Gasteiger partial charge is 0.226 e. The first-order valence-corrected chi connectivity index (χ1v) is 5.18. The first-order valence-electron chi connectivity index (χ1n) is 4.75. The van der Waals surface area contributed by atoms with Crippen LogP contribution in [0.2, 0.25) is 0 Å². The van der Waals surface area contributed by atoms with Gasteiger partial charge in [0.1, 0.15) is 0 Å². The molecule has 1 heterocycles. The molecule has 0 aromatic carbocycles. The summed E-state index contributed by atoms with van der Waals surface area (Å²) in [5.41, 5.74) is -0.270. The highest BCUT2D eigenvalue weighted by Gasteiger charge is 2.24. The second-order valence-electron chi connectivity index (χ2n) is 3.89. The Morgan fingerprint density at radius 3 is 2.73 bits per heavy atom. The Labute approximate surface area is 95.0 Å². The summed E-state index contributed by atoms with van der Waals surface area (Å²) in [5.74, 6) is 1.05. The van der Waals surface area contributed by atoms with Crippen molar-refractivity contribution >= 4 is 17.5 Å². The number of nitrogens with zero attached hydrogens (tertiary/aromatic N) is 2. The molecule has 0 spiro atoms. The Balaban J connectivity index is 2.80. The molecule has 1 aromatic rings. The van der Waals surface area contributed by atoms with E-state index >= 15 is 0 Å². The predicted molar refractivity (Wildman–Crippen MR) is 61.6 cm³/mol. The predicted octanol–water partition coefficient (Wildman–Crippen LogP) is 2.30. The molecule has 15 heavy (non-hydrogen) atoms. The van der Waals surface area contributed by atoms with Crippen molar-refractivity contribution in [1.29, 1.82) is 0 Å². The maximum Gasteiger partial charge on any atom is 0.226 e. The second-order valence-corrected chi connectivity index (χ2v) is 4.54. The molecule has 84 valence electrons. The van der Waals surface area contributed by atoms with Gasteiger partial charge in [0.15, 0.2) is 0 Å². The molecule has 0 aliphatic rings. The van der Waals surface area contributed by atoms with E-state index in [1.54, 1.807) is 19.4 Å². The first kappa shape index (κ1) is 12.0. The van der Waals surface area contributed by atoms with Crippen molar-refractivity contribution in [2.75, 3.05) is 12.4 Å². The third kappa shape index (κ3) is 3.23. The summed E-state index contributed by atoms with van der Waals surface area (Å²) >= 11 is 6.04. The highest BCUT2D eigenvalue weighted by Crippen LogP contribution is 2.20. The van der Waals surface area contributed by atoms with Crippen molar-refractivity contribution < 1.29 is 4.74 Å². The monoisotopic (exact) mass is 229 g/mol. The molecule has 0 saturated heterocycles. The fourth-order valence-electron chi connectivity index (χ4n) is 0.904. The highest BCUT2D eigenvalue weighted by molar-refractivity contribution is 6.21. The molecular weight excluding hydrogens is 214 g/mol. The molecule has 1 N–H and O–H groups in total. The number of aromatic nitrogens is 2. The summed E-state index contributed by atoms with van der Waals surface area (Å²) in [6.07, 6.45) is 1.64. The summed E-state index contributed by atoms with van der Waals surface area (Å²) in [6, 6.07) is 1.70. The zero-order chi connectivity index (χ0) is 11.5. The van der Waals surface area contributed by atoms with Crippen LogP contribution in [-0.2, 0) is 0 Å². The van der Waals surface area contributed by atoms with E-state index < -0.39 is 0 Å². The van der Waals surface area contributed by atoms with Crippen LogP contribution in [0.5, 0.6) is 5.88 Å². The van der Waals surface area contributed by atoms with Gasteiger partial charge in [0, 0.05) is 12.3 Å². The zero-order valence-electron chi connectivity index (χ0n) is 9.41. The lowest BCUT2D eigenvalue weighted by atomic mass is 10.0. The third-order valence-corrected chi connectivity index (χ3v) is 2.81. The average Bonchev–Trinajstić information content (AvgIpc) is 2.17. The van der Waals surface area contributed by atoms with E-state index in [9.17, 15) is 0 Å². The molecule has 0 aliphatic carbocycles. The summed E-state index contributed by atoms with van der Waals surface area (Å²) in [6.45, 7) is 5.91. The summed E-state index contributed by atoms with van der Waals surface area (Å²) in [5, 5.41) is 3.12. The fraction of sp³-hybridized carbons (Fsp3) is 0.600. The average molecular weight is 230 g/mol. The number of alkyl halides is 1. The van der Waals surface area contributed by atoms with Crippen molar-refractivity contribution in [1.82, 2.24) is 9.97 Å². The minimum absolute atomic E-state index is 0.0349. The lowest BCUT2D eigenvalue weighted by molar-refractivity contribution is 0.396. The quantitative estimate of drug-likeness (QED) is 0.805. The number of hydrogen-bond donors (Lipinski definition) is 1. The first-order chi connectivity index (χ1) is 6.95. The van der Waals surface area contributed by atoms with Crippen LogP contribution in [0.15, 0.2) is 12.3 Å². The van der Waals surface area contributed by atoms with E-state index in [1.165, 1.54) is 0 Å². The van der Waals surface area contributed by atoms with Crippen LogP contribution < -0.4 is 10.1 Å². The van der Waals surface area contributed by atoms with Crippen LogP contribution in [0, 0.1) is 0 Å². The Morgan fingerprint density at radius 2 is 2.20 bits per heavy atom. The van der Waals surface area contributed by atoms with Gasteiger partial charge in [0.25, 0.3) is 0 Å². The van der Waals surface area contributed by atoms with Gasteiger partial charge in [-0.05, 0) is 20.8 Å². The largest absolute Gasteiger partial charge is 0.481 e. The summed E-state index contributed by atoms with van der Waals surface area (Å²) in [4.78, 5) is 8.25. The Kier molecular flexibility index (Phi) is 3.74. The molecule has 0 amide bonds. The van der Waals surface area contributed by atoms with Crippen molar-refractivity contribution in [2.45, 2.75) is 31.7 Å². The van der Waals surface area contributed by atoms with Gasteiger partial charge in [-0.2, -0.15) is 4.98 Å². The van der Waals surface area contributed by atoms with Crippen LogP contribution in [-0.4, -0.2) is 28.0 Å². The number of rotatable bonds is 4. The summed E-state index contributed by atoms with van der Waals surface area (Å²) in [7, 11) is 1.57. The van der Waals surface area contributed by atoms with E-state index in [2.05, 4.69) is 15.3 Å². The standard InChI is InChI=1S/C10H16ClN3O/c1-7(11)10(2,3)14-9-12-6-5-8(13-9)15-4/h5-7H,1-4H3,(H,12,13,14). The van der Waals surface area contributed by atoms with E-state index in [4.69, 9.17) is 16.3 Å². The Morgan fingerprint density at radius 1 is 1.53 bits per heavy atom. The molecular formula is C10H16ClN3O. The van der Waals surface area contributed by atoms with Gasteiger partial charge in [0.2, 0.25) is 11.8 Å². The summed E-state index contributed by atoms with van der Waals surface area (Å²) < 4.78 is 5.01. The van der Waals surface area contributed by atoms with E-state index in [0.29, 0.717) is 11.8 Å². The number of halogens is 1. The Hall–Kier alpha value is -1.03. The van der Waals surface area contributed by atoms with Gasteiger partial charge in [-0.25, -0.2) is 4.98 Å². The SMILES string of the molecule is COc1ccnc(NC(C)(C)C(C)Cl)n1. The van der Waals surface area contributed by atoms with Crippen LogP contribution in [0.3, 0.4) is 0 Å². The zero-order valence-corrected chi connectivity index (χ0v) is 10.2. The minimum atomic E-state index is -0.270. The Bertz CT molecular complexity index is 328. The van der Waals surface area contributed by atoms with E-state index in [-0.39, 0.29) is 10.9 Å². The van der Waals surface area contributed by atoms with Crippen LogP contribution in [0.4, 0.5) is 5.95 Å². The van der Waals surface area contributed by atoms with Crippen LogP contribution in [0.1, 0.15) is 20.8 Å². The molecule has 0 fully saturated rings. The number of anilines is 1. The van der Waals surface area contributed by atoms with E-state index in [1.807, 2.05) is 20.8 Å². The molecule has 5 heteroatoms. The fourth-order valence-corrected chi connectivity index (χ4v) is 0.958. The van der Waals surface area contributed by atoms with Gasteiger partial charge < -0.3 is 10.1 Å². The van der Waals surface area contributed by atoms with Gasteiger partial charge in [-0.15, -0.1) is 11.6 Å². The van der Waals surface area contributed by atoms with Crippen molar-refractivity contribution in [2.24, 2.45) is 0 Å². The molecule has 0 bridgehead atoms. The third-order valence-electron chi connectivity index (χ3n) is 2.27. The van der Waals surface area contributed by atoms with Crippen molar-refractivity contribution in [3.05, 3.63) is 12.3 Å². The lowest BCUT2D eigenvalue weighted by Crippen LogP contribution is -2.39.